The summed E-state index contributed by atoms with van der Waals surface area (Å²) >= 11 is 0. The van der Waals surface area contributed by atoms with Crippen molar-refractivity contribution in [1.82, 2.24) is 0 Å². The summed E-state index contributed by atoms with van der Waals surface area (Å²) in [6.07, 6.45) is 0.662. The van der Waals surface area contributed by atoms with Crippen molar-refractivity contribution >= 4 is 19.7 Å². The lowest BCUT2D eigenvalue weighted by atomic mass is 10.0. The van der Waals surface area contributed by atoms with Gasteiger partial charge in [-0.1, -0.05) is 67.9 Å². The Bertz CT molecular complexity index is 942. The van der Waals surface area contributed by atoms with Gasteiger partial charge in [0, 0.05) is 5.75 Å². The predicted octanol–water partition coefficient (Wildman–Crippen LogP) is 3.72. The lowest BCUT2D eigenvalue weighted by molar-refractivity contribution is 0.571. The van der Waals surface area contributed by atoms with Gasteiger partial charge in [0.25, 0.3) is 0 Å². The highest BCUT2D eigenvalue weighted by molar-refractivity contribution is 7.91. The van der Waals surface area contributed by atoms with E-state index in [4.69, 9.17) is 0 Å². The topological polar surface area (TPSA) is 68.3 Å². The molecule has 0 fully saturated rings. The number of hydrogen-bond acceptors (Lipinski definition) is 4. The maximum atomic E-state index is 12.4. The molecule has 1 unspecified atom stereocenters. The second kappa shape index (κ2) is 9.02. The van der Waals surface area contributed by atoms with Crippen LogP contribution >= 0.6 is 0 Å². The van der Waals surface area contributed by atoms with Gasteiger partial charge < -0.3 is 0 Å². The van der Waals surface area contributed by atoms with Crippen LogP contribution in [0.4, 0.5) is 0 Å². The Kier molecular flexibility index (Phi) is 7.23. The number of benzene rings is 2. The number of hydrogen-bond donors (Lipinski definition) is 0. The molecule has 1 atom stereocenters. The fraction of sp³-hybridized carbons (Fsp3) is 0.429. The van der Waals surface area contributed by atoms with Crippen molar-refractivity contribution < 1.29 is 16.8 Å². The molecule has 0 aliphatic carbocycles. The Morgan fingerprint density at radius 1 is 0.741 bits per heavy atom. The molecular weight excluding hydrogens is 380 g/mol. The highest BCUT2D eigenvalue weighted by atomic mass is 32.2. The van der Waals surface area contributed by atoms with Crippen molar-refractivity contribution in [2.24, 2.45) is 5.92 Å². The minimum absolute atomic E-state index is 0.000917. The average Bonchev–Trinajstić information content (AvgIpc) is 2.58. The van der Waals surface area contributed by atoms with Crippen molar-refractivity contribution in [1.29, 1.82) is 0 Å². The van der Waals surface area contributed by atoms with Crippen LogP contribution in [0, 0.1) is 12.8 Å². The van der Waals surface area contributed by atoms with Gasteiger partial charge in [0.05, 0.1) is 17.3 Å². The summed E-state index contributed by atoms with van der Waals surface area (Å²) in [6.45, 7) is 5.55. The first-order valence-corrected chi connectivity index (χ1v) is 12.8. The summed E-state index contributed by atoms with van der Waals surface area (Å²) in [7, 11) is -6.23. The van der Waals surface area contributed by atoms with Gasteiger partial charge in [-0.15, -0.1) is 0 Å². The fourth-order valence-corrected chi connectivity index (χ4v) is 5.75. The third kappa shape index (κ3) is 7.46. The Hall–Kier alpha value is -1.66. The van der Waals surface area contributed by atoms with E-state index in [0.717, 1.165) is 22.3 Å². The van der Waals surface area contributed by atoms with Crippen LogP contribution in [0.25, 0.3) is 0 Å². The van der Waals surface area contributed by atoms with Crippen LogP contribution in [-0.4, -0.2) is 28.3 Å². The minimum Gasteiger partial charge on any atom is -0.229 e. The summed E-state index contributed by atoms with van der Waals surface area (Å²) in [5, 5.41) is 0. The zero-order valence-corrected chi connectivity index (χ0v) is 17.8. The van der Waals surface area contributed by atoms with Crippen molar-refractivity contribution in [3.63, 3.8) is 0 Å². The van der Waals surface area contributed by atoms with Crippen LogP contribution in [0.5, 0.6) is 0 Å². The number of sulfone groups is 2. The Labute approximate surface area is 163 Å². The summed E-state index contributed by atoms with van der Waals surface area (Å²) < 4.78 is 48.3. The molecule has 6 heteroatoms. The van der Waals surface area contributed by atoms with E-state index in [1.54, 1.807) is 6.92 Å². The number of rotatable bonds is 9. The van der Waals surface area contributed by atoms with Gasteiger partial charge in [0.2, 0.25) is 0 Å². The standard InChI is InChI=1S/C21H28O4S2/c1-4-26(22,23)14-18(3)13-19-9-11-21(12-10-19)16-27(24,25)15-20-7-5-17(2)6-8-20/h5-12,18H,4,13-16H2,1-3H3. The normalized spacial score (nSPS) is 13.4. The van der Waals surface area contributed by atoms with Crippen LogP contribution in [0.3, 0.4) is 0 Å². The van der Waals surface area contributed by atoms with E-state index in [0.29, 0.717) is 6.42 Å². The van der Waals surface area contributed by atoms with Crippen LogP contribution in [0.1, 0.15) is 36.1 Å². The van der Waals surface area contributed by atoms with Gasteiger partial charge in [0.1, 0.15) is 9.84 Å². The maximum Gasteiger partial charge on any atom is 0.158 e. The van der Waals surface area contributed by atoms with Crippen LogP contribution in [0.2, 0.25) is 0 Å². The SMILES string of the molecule is CCS(=O)(=O)CC(C)Cc1ccc(CS(=O)(=O)Cc2ccc(C)cc2)cc1. The highest BCUT2D eigenvalue weighted by Crippen LogP contribution is 2.16. The molecule has 2 rings (SSSR count). The Balaban J connectivity index is 1.97. The van der Waals surface area contributed by atoms with E-state index in [2.05, 4.69) is 0 Å². The summed E-state index contributed by atoms with van der Waals surface area (Å²) in [5.41, 5.74) is 3.67. The first-order chi connectivity index (χ1) is 12.6. The monoisotopic (exact) mass is 408 g/mol. The highest BCUT2D eigenvalue weighted by Gasteiger charge is 2.15. The van der Waals surface area contributed by atoms with Crippen molar-refractivity contribution in [3.05, 3.63) is 70.8 Å². The first-order valence-electron chi connectivity index (χ1n) is 9.13. The molecule has 0 heterocycles. The Morgan fingerprint density at radius 3 is 1.67 bits per heavy atom. The third-order valence-corrected chi connectivity index (χ3v) is 7.98. The fourth-order valence-electron chi connectivity index (χ4n) is 3.03. The van der Waals surface area contributed by atoms with Gasteiger partial charge >= 0.3 is 0 Å². The van der Waals surface area contributed by atoms with Crippen molar-refractivity contribution in [2.75, 3.05) is 11.5 Å². The second-order valence-electron chi connectivity index (χ2n) is 7.34. The molecule has 2 aromatic rings. The molecule has 0 aromatic heterocycles. The number of aryl methyl sites for hydroxylation is 1. The van der Waals surface area contributed by atoms with Gasteiger partial charge in [-0.3, -0.25) is 0 Å². The molecule has 0 spiro atoms. The van der Waals surface area contributed by atoms with E-state index in [-0.39, 0.29) is 28.9 Å². The van der Waals surface area contributed by atoms with Crippen LogP contribution in [-0.2, 0) is 37.6 Å². The lowest BCUT2D eigenvalue weighted by Crippen LogP contribution is -2.17. The third-order valence-electron chi connectivity index (χ3n) is 4.48. The zero-order chi connectivity index (χ0) is 20.1. The molecule has 4 nitrogen and oxygen atoms in total. The van der Waals surface area contributed by atoms with E-state index in [1.807, 2.05) is 62.4 Å². The van der Waals surface area contributed by atoms with Gasteiger partial charge in [0.15, 0.2) is 9.84 Å². The van der Waals surface area contributed by atoms with E-state index < -0.39 is 19.7 Å². The molecule has 0 aliphatic heterocycles. The zero-order valence-electron chi connectivity index (χ0n) is 16.2. The summed E-state index contributed by atoms with van der Waals surface area (Å²) in [4.78, 5) is 0. The van der Waals surface area contributed by atoms with E-state index >= 15 is 0 Å². The van der Waals surface area contributed by atoms with Crippen molar-refractivity contribution in [2.45, 2.75) is 38.7 Å². The quantitative estimate of drug-likeness (QED) is 0.634. The van der Waals surface area contributed by atoms with Crippen LogP contribution in [0.15, 0.2) is 48.5 Å². The molecule has 0 radical (unpaired) electrons. The molecule has 0 saturated heterocycles. The summed E-state index contributed by atoms with van der Waals surface area (Å²) in [5.74, 6) is 0.402. The van der Waals surface area contributed by atoms with Crippen molar-refractivity contribution in [3.8, 4) is 0 Å². The van der Waals surface area contributed by atoms with Crippen LogP contribution < -0.4 is 0 Å². The molecule has 2 aromatic carbocycles. The molecule has 0 amide bonds. The molecule has 0 saturated carbocycles. The van der Waals surface area contributed by atoms with E-state index in [1.165, 1.54) is 0 Å². The van der Waals surface area contributed by atoms with Gasteiger partial charge in [-0.25, -0.2) is 16.8 Å². The predicted molar refractivity (Wildman–Crippen MR) is 111 cm³/mol. The molecule has 27 heavy (non-hydrogen) atoms. The molecule has 148 valence electrons. The van der Waals surface area contributed by atoms with Gasteiger partial charge in [-0.2, -0.15) is 0 Å². The second-order valence-corrected chi connectivity index (χ2v) is 11.8. The molecule has 0 aliphatic rings. The molecule has 0 bridgehead atoms. The Morgan fingerprint density at radius 2 is 1.19 bits per heavy atom. The molecule has 0 N–H and O–H groups in total. The maximum absolute atomic E-state index is 12.4. The minimum atomic E-state index is -3.24. The largest absolute Gasteiger partial charge is 0.229 e. The van der Waals surface area contributed by atoms with E-state index in [9.17, 15) is 16.8 Å². The molecular formula is C21H28O4S2. The van der Waals surface area contributed by atoms with Gasteiger partial charge in [-0.05, 0) is 36.0 Å². The average molecular weight is 409 g/mol. The summed E-state index contributed by atoms with van der Waals surface area (Å²) in [6, 6.07) is 15.0. The first kappa shape index (κ1) is 21.6. The lowest BCUT2D eigenvalue weighted by Gasteiger charge is -2.12. The smallest absolute Gasteiger partial charge is 0.158 e.